The standard InChI is InChI=1S/C15H24N2O/c1-3-10-17-15(18)9-11-16-13(2)12-14-7-5-4-6-8-14/h4-8,13,16H,3,9-12H2,1-2H3,(H,17,18). The summed E-state index contributed by atoms with van der Waals surface area (Å²) in [5.74, 6) is 0.135. The Labute approximate surface area is 110 Å². The lowest BCUT2D eigenvalue weighted by atomic mass is 10.1. The van der Waals surface area contributed by atoms with Gasteiger partial charge in [-0.3, -0.25) is 4.79 Å². The molecule has 1 aromatic carbocycles. The third-order valence-electron chi connectivity index (χ3n) is 2.80. The monoisotopic (exact) mass is 248 g/mol. The molecule has 2 N–H and O–H groups in total. The Morgan fingerprint density at radius 3 is 2.61 bits per heavy atom. The van der Waals surface area contributed by atoms with Crippen LogP contribution in [0.15, 0.2) is 30.3 Å². The summed E-state index contributed by atoms with van der Waals surface area (Å²) in [5, 5.41) is 6.25. The van der Waals surface area contributed by atoms with E-state index in [9.17, 15) is 4.79 Å². The van der Waals surface area contributed by atoms with Crippen molar-refractivity contribution in [3.8, 4) is 0 Å². The molecule has 0 aliphatic carbocycles. The van der Waals surface area contributed by atoms with Crippen molar-refractivity contribution in [1.82, 2.24) is 10.6 Å². The van der Waals surface area contributed by atoms with Gasteiger partial charge >= 0.3 is 0 Å². The number of rotatable bonds is 8. The number of hydrogen-bond donors (Lipinski definition) is 2. The van der Waals surface area contributed by atoms with E-state index < -0.39 is 0 Å². The van der Waals surface area contributed by atoms with Gasteiger partial charge in [-0.15, -0.1) is 0 Å². The van der Waals surface area contributed by atoms with Gasteiger partial charge in [-0.2, -0.15) is 0 Å². The maximum absolute atomic E-state index is 11.4. The largest absolute Gasteiger partial charge is 0.356 e. The van der Waals surface area contributed by atoms with Gasteiger partial charge in [0.1, 0.15) is 0 Å². The molecule has 100 valence electrons. The molecule has 3 nitrogen and oxygen atoms in total. The number of hydrogen-bond acceptors (Lipinski definition) is 2. The lowest BCUT2D eigenvalue weighted by molar-refractivity contribution is -0.121. The summed E-state index contributed by atoms with van der Waals surface area (Å²) in [6.45, 7) is 5.72. The molecule has 18 heavy (non-hydrogen) atoms. The van der Waals surface area contributed by atoms with E-state index in [1.165, 1.54) is 5.56 Å². The molecule has 1 atom stereocenters. The fourth-order valence-corrected chi connectivity index (χ4v) is 1.82. The second kappa shape index (κ2) is 8.70. The van der Waals surface area contributed by atoms with Crippen LogP contribution in [0.1, 0.15) is 32.3 Å². The van der Waals surface area contributed by atoms with Gasteiger partial charge in [-0.1, -0.05) is 37.3 Å². The minimum absolute atomic E-state index is 0.135. The summed E-state index contributed by atoms with van der Waals surface area (Å²) in [6, 6.07) is 10.8. The number of carbonyl (C=O) groups excluding carboxylic acids is 1. The molecule has 0 saturated heterocycles. The first-order valence-corrected chi connectivity index (χ1v) is 6.76. The first-order valence-electron chi connectivity index (χ1n) is 6.76. The van der Waals surface area contributed by atoms with Crippen LogP contribution >= 0.6 is 0 Å². The maximum atomic E-state index is 11.4. The molecule has 0 aromatic heterocycles. The van der Waals surface area contributed by atoms with Crippen LogP contribution in [0.3, 0.4) is 0 Å². The van der Waals surface area contributed by atoms with Crippen LogP contribution in [0.4, 0.5) is 0 Å². The van der Waals surface area contributed by atoms with Crippen LogP contribution in [0.2, 0.25) is 0 Å². The van der Waals surface area contributed by atoms with Gasteiger partial charge in [0, 0.05) is 25.6 Å². The molecule has 0 bridgehead atoms. The van der Waals surface area contributed by atoms with Gasteiger partial charge in [0.2, 0.25) is 5.91 Å². The van der Waals surface area contributed by atoms with E-state index in [-0.39, 0.29) is 5.91 Å². The second-order valence-electron chi connectivity index (χ2n) is 4.64. The predicted octanol–water partition coefficient (Wildman–Crippen LogP) is 2.12. The van der Waals surface area contributed by atoms with Crippen LogP contribution in [-0.2, 0) is 11.2 Å². The van der Waals surface area contributed by atoms with Crippen molar-refractivity contribution in [2.24, 2.45) is 0 Å². The van der Waals surface area contributed by atoms with Gasteiger partial charge in [-0.25, -0.2) is 0 Å². The van der Waals surface area contributed by atoms with Crippen molar-refractivity contribution in [1.29, 1.82) is 0 Å². The van der Waals surface area contributed by atoms with Crippen molar-refractivity contribution in [3.05, 3.63) is 35.9 Å². The van der Waals surface area contributed by atoms with Gasteiger partial charge < -0.3 is 10.6 Å². The summed E-state index contributed by atoms with van der Waals surface area (Å²) in [6.07, 6.45) is 2.54. The summed E-state index contributed by atoms with van der Waals surface area (Å²) in [7, 11) is 0. The highest BCUT2D eigenvalue weighted by Gasteiger charge is 2.04. The quantitative estimate of drug-likeness (QED) is 0.740. The van der Waals surface area contributed by atoms with Crippen LogP contribution < -0.4 is 10.6 Å². The molecule has 3 heteroatoms. The second-order valence-corrected chi connectivity index (χ2v) is 4.64. The minimum Gasteiger partial charge on any atom is -0.356 e. The average molecular weight is 248 g/mol. The van der Waals surface area contributed by atoms with E-state index in [0.29, 0.717) is 12.5 Å². The van der Waals surface area contributed by atoms with Crippen molar-refractivity contribution in [2.75, 3.05) is 13.1 Å². The molecule has 0 heterocycles. The fraction of sp³-hybridized carbons (Fsp3) is 0.533. The summed E-state index contributed by atoms with van der Waals surface area (Å²) < 4.78 is 0. The lowest BCUT2D eigenvalue weighted by Crippen LogP contribution is -2.33. The number of benzene rings is 1. The molecule has 0 spiro atoms. The Bertz CT molecular complexity index is 338. The maximum Gasteiger partial charge on any atom is 0.221 e. The van der Waals surface area contributed by atoms with E-state index in [2.05, 4.69) is 48.7 Å². The normalized spacial score (nSPS) is 12.1. The van der Waals surface area contributed by atoms with E-state index in [1.807, 2.05) is 6.07 Å². The highest BCUT2D eigenvalue weighted by atomic mass is 16.1. The Hall–Kier alpha value is -1.35. The first kappa shape index (κ1) is 14.7. The zero-order chi connectivity index (χ0) is 13.2. The summed E-state index contributed by atoms with van der Waals surface area (Å²) in [4.78, 5) is 11.4. The van der Waals surface area contributed by atoms with E-state index in [0.717, 1.165) is 25.9 Å². The number of nitrogens with one attached hydrogen (secondary N) is 2. The molecular formula is C15H24N2O. The van der Waals surface area contributed by atoms with Crippen molar-refractivity contribution in [2.45, 2.75) is 39.2 Å². The average Bonchev–Trinajstić information content (AvgIpc) is 2.37. The first-order chi connectivity index (χ1) is 8.72. The molecular weight excluding hydrogens is 224 g/mol. The minimum atomic E-state index is 0.135. The highest BCUT2D eigenvalue weighted by Crippen LogP contribution is 2.02. The SMILES string of the molecule is CCCNC(=O)CCNC(C)Cc1ccccc1. The zero-order valence-corrected chi connectivity index (χ0v) is 11.4. The summed E-state index contributed by atoms with van der Waals surface area (Å²) >= 11 is 0. The molecule has 1 aromatic rings. The molecule has 0 fully saturated rings. The molecule has 1 rings (SSSR count). The van der Waals surface area contributed by atoms with Crippen LogP contribution in [-0.4, -0.2) is 25.0 Å². The van der Waals surface area contributed by atoms with Crippen LogP contribution in [0.25, 0.3) is 0 Å². The highest BCUT2D eigenvalue weighted by molar-refractivity contribution is 5.75. The molecule has 0 saturated carbocycles. The third kappa shape index (κ3) is 6.40. The molecule has 0 radical (unpaired) electrons. The van der Waals surface area contributed by atoms with E-state index >= 15 is 0 Å². The zero-order valence-electron chi connectivity index (χ0n) is 11.4. The van der Waals surface area contributed by atoms with Crippen LogP contribution in [0, 0.1) is 0 Å². The third-order valence-corrected chi connectivity index (χ3v) is 2.80. The lowest BCUT2D eigenvalue weighted by Gasteiger charge is -2.13. The Kier molecular flexibility index (Phi) is 7.11. The van der Waals surface area contributed by atoms with Gasteiger partial charge in [0.25, 0.3) is 0 Å². The molecule has 0 aliphatic heterocycles. The van der Waals surface area contributed by atoms with Gasteiger partial charge in [-0.05, 0) is 25.3 Å². The Morgan fingerprint density at radius 2 is 1.94 bits per heavy atom. The number of carbonyl (C=O) groups is 1. The smallest absolute Gasteiger partial charge is 0.221 e. The molecule has 1 unspecified atom stereocenters. The van der Waals surface area contributed by atoms with Gasteiger partial charge in [0.15, 0.2) is 0 Å². The molecule has 1 amide bonds. The van der Waals surface area contributed by atoms with Crippen molar-refractivity contribution in [3.63, 3.8) is 0 Å². The Balaban J connectivity index is 2.14. The molecule has 0 aliphatic rings. The topological polar surface area (TPSA) is 41.1 Å². The van der Waals surface area contributed by atoms with Gasteiger partial charge in [0.05, 0.1) is 0 Å². The summed E-state index contributed by atoms with van der Waals surface area (Å²) in [5.41, 5.74) is 1.33. The van der Waals surface area contributed by atoms with Crippen molar-refractivity contribution >= 4 is 5.91 Å². The van der Waals surface area contributed by atoms with E-state index in [4.69, 9.17) is 0 Å². The Morgan fingerprint density at radius 1 is 1.22 bits per heavy atom. The predicted molar refractivity (Wildman–Crippen MR) is 75.5 cm³/mol. The number of amides is 1. The fourth-order valence-electron chi connectivity index (χ4n) is 1.82. The van der Waals surface area contributed by atoms with E-state index in [1.54, 1.807) is 0 Å². The van der Waals surface area contributed by atoms with Crippen LogP contribution in [0.5, 0.6) is 0 Å². The van der Waals surface area contributed by atoms with Crippen molar-refractivity contribution < 1.29 is 4.79 Å².